The fraction of sp³-hybridized carbons (Fsp3) is 0.900. The van der Waals surface area contributed by atoms with Gasteiger partial charge in [-0.1, -0.05) is 0 Å². The summed E-state index contributed by atoms with van der Waals surface area (Å²) in [5.74, 6) is 1.33. The van der Waals surface area contributed by atoms with Gasteiger partial charge in [0.1, 0.15) is 5.84 Å². The number of hydrogen-bond donors (Lipinski definition) is 1. The van der Waals surface area contributed by atoms with Crippen molar-refractivity contribution < 1.29 is 0 Å². The number of nitrogens with zero attached hydrogens (tertiary/aromatic N) is 2. The lowest BCUT2D eigenvalue weighted by molar-refractivity contribution is 0.386. The van der Waals surface area contributed by atoms with Crippen LogP contribution in [-0.4, -0.2) is 43.5 Å². The summed E-state index contributed by atoms with van der Waals surface area (Å²) in [4.78, 5) is 7.11. The molecule has 13 heavy (non-hydrogen) atoms. The number of likely N-dealkylation sites (N-methyl/N-ethyl adjacent to an activating group) is 1. The molecule has 0 bridgehead atoms. The molecule has 0 amide bonds. The van der Waals surface area contributed by atoms with Gasteiger partial charge in [0.05, 0.1) is 6.04 Å². The molecule has 0 spiro atoms. The molecule has 2 aliphatic rings. The second-order valence-corrected chi connectivity index (χ2v) is 3.92. The van der Waals surface area contributed by atoms with Crippen LogP contribution in [0.2, 0.25) is 0 Å². The average molecular weight is 181 g/mol. The number of aliphatic imine (C=N–C) groups is 1. The van der Waals surface area contributed by atoms with Gasteiger partial charge in [-0.3, -0.25) is 4.99 Å². The van der Waals surface area contributed by atoms with Crippen LogP contribution in [0.4, 0.5) is 0 Å². The number of rotatable bonds is 1. The van der Waals surface area contributed by atoms with Crippen LogP contribution < -0.4 is 5.32 Å². The number of hydrogen-bond acceptors (Lipinski definition) is 3. The van der Waals surface area contributed by atoms with Crippen LogP contribution in [0.1, 0.15) is 25.7 Å². The van der Waals surface area contributed by atoms with E-state index in [1.54, 1.807) is 0 Å². The van der Waals surface area contributed by atoms with Crippen LogP contribution in [0.15, 0.2) is 4.99 Å². The van der Waals surface area contributed by atoms with Crippen molar-refractivity contribution in [2.24, 2.45) is 4.99 Å². The molecule has 0 aromatic heterocycles. The summed E-state index contributed by atoms with van der Waals surface area (Å²) in [7, 11) is 2.05. The van der Waals surface area contributed by atoms with E-state index in [4.69, 9.17) is 0 Å². The monoisotopic (exact) mass is 181 g/mol. The van der Waals surface area contributed by atoms with E-state index in [2.05, 4.69) is 15.2 Å². The first-order chi connectivity index (χ1) is 6.42. The molecule has 1 unspecified atom stereocenters. The highest BCUT2D eigenvalue weighted by Crippen LogP contribution is 2.16. The quantitative estimate of drug-likeness (QED) is 0.650. The molecule has 1 saturated heterocycles. The van der Waals surface area contributed by atoms with Crippen molar-refractivity contribution >= 4 is 5.84 Å². The largest absolute Gasteiger partial charge is 0.359 e. The fourth-order valence-corrected chi connectivity index (χ4v) is 2.28. The Morgan fingerprint density at radius 2 is 2.15 bits per heavy atom. The lowest BCUT2D eigenvalue weighted by Crippen LogP contribution is -2.46. The minimum absolute atomic E-state index is 0.516. The zero-order valence-electron chi connectivity index (χ0n) is 8.42. The first-order valence-electron chi connectivity index (χ1n) is 5.38. The third-order valence-corrected chi connectivity index (χ3v) is 3.01. The Labute approximate surface area is 80.2 Å². The Kier molecular flexibility index (Phi) is 2.83. The summed E-state index contributed by atoms with van der Waals surface area (Å²) in [5, 5.41) is 3.37. The van der Waals surface area contributed by atoms with Crippen LogP contribution >= 0.6 is 0 Å². The SMILES string of the molecule is CNC1CCCCN2CCCN=C12. The molecule has 74 valence electrons. The summed E-state index contributed by atoms with van der Waals surface area (Å²) >= 11 is 0. The van der Waals surface area contributed by atoms with Crippen LogP contribution in [0.5, 0.6) is 0 Å². The first kappa shape index (κ1) is 9.00. The number of nitrogens with one attached hydrogen (secondary N) is 1. The normalized spacial score (nSPS) is 29.2. The molecule has 0 aromatic carbocycles. The van der Waals surface area contributed by atoms with Crippen molar-refractivity contribution in [3.63, 3.8) is 0 Å². The Morgan fingerprint density at radius 3 is 3.00 bits per heavy atom. The van der Waals surface area contributed by atoms with Crippen molar-refractivity contribution in [3.8, 4) is 0 Å². The van der Waals surface area contributed by atoms with Crippen LogP contribution in [-0.2, 0) is 0 Å². The summed E-state index contributed by atoms with van der Waals surface area (Å²) < 4.78 is 0. The van der Waals surface area contributed by atoms with Crippen LogP contribution in [0, 0.1) is 0 Å². The third-order valence-electron chi connectivity index (χ3n) is 3.01. The Bertz CT molecular complexity index is 200. The van der Waals surface area contributed by atoms with Crippen molar-refractivity contribution in [1.29, 1.82) is 0 Å². The number of amidine groups is 1. The van der Waals surface area contributed by atoms with Crippen molar-refractivity contribution in [3.05, 3.63) is 0 Å². The average Bonchev–Trinajstić information content (AvgIpc) is 2.39. The van der Waals surface area contributed by atoms with Gasteiger partial charge in [0, 0.05) is 19.6 Å². The first-order valence-corrected chi connectivity index (χ1v) is 5.38. The summed E-state index contributed by atoms with van der Waals surface area (Å²) in [6.45, 7) is 3.47. The van der Waals surface area contributed by atoms with E-state index in [0.717, 1.165) is 6.54 Å². The van der Waals surface area contributed by atoms with Gasteiger partial charge in [0.2, 0.25) is 0 Å². The van der Waals surface area contributed by atoms with Gasteiger partial charge in [-0.15, -0.1) is 0 Å². The molecule has 3 heteroatoms. The van der Waals surface area contributed by atoms with E-state index >= 15 is 0 Å². The highest BCUT2D eigenvalue weighted by atomic mass is 15.2. The van der Waals surface area contributed by atoms with E-state index in [-0.39, 0.29) is 0 Å². The summed E-state index contributed by atoms with van der Waals surface area (Å²) in [6, 6.07) is 0.516. The fourth-order valence-electron chi connectivity index (χ4n) is 2.28. The topological polar surface area (TPSA) is 27.6 Å². The Morgan fingerprint density at radius 1 is 1.31 bits per heavy atom. The molecule has 0 aromatic rings. The lowest BCUT2D eigenvalue weighted by Gasteiger charge is -2.31. The second-order valence-electron chi connectivity index (χ2n) is 3.92. The van der Waals surface area contributed by atoms with Gasteiger partial charge in [0.15, 0.2) is 0 Å². The van der Waals surface area contributed by atoms with E-state index < -0.39 is 0 Å². The molecule has 1 N–H and O–H groups in total. The van der Waals surface area contributed by atoms with Crippen LogP contribution in [0.25, 0.3) is 0 Å². The van der Waals surface area contributed by atoms with E-state index in [1.165, 1.54) is 44.6 Å². The number of fused-ring (bicyclic) bond motifs is 1. The third kappa shape index (κ3) is 1.85. The molecule has 2 heterocycles. The standard InChI is InChI=1S/C10H19N3/c1-11-9-5-2-3-7-13-8-4-6-12-10(9)13/h9,11H,2-8H2,1H3. The minimum Gasteiger partial charge on any atom is -0.359 e. The summed E-state index contributed by atoms with van der Waals surface area (Å²) in [5.41, 5.74) is 0. The van der Waals surface area contributed by atoms with E-state index in [0.29, 0.717) is 6.04 Å². The van der Waals surface area contributed by atoms with Gasteiger partial charge in [-0.2, -0.15) is 0 Å². The zero-order chi connectivity index (χ0) is 9.10. The van der Waals surface area contributed by atoms with E-state index in [9.17, 15) is 0 Å². The summed E-state index contributed by atoms with van der Waals surface area (Å²) in [6.07, 6.45) is 5.16. The van der Waals surface area contributed by atoms with Gasteiger partial charge < -0.3 is 10.2 Å². The van der Waals surface area contributed by atoms with Gasteiger partial charge in [0.25, 0.3) is 0 Å². The maximum atomic E-state index is 4.64. The second kappa shape index (κ2) is 4.09. The predicted molar refractivity (Wildman–Crippen MR) is 55.2 cm³/mol. The van der Waals surface area contributed by atoms with Gasteiger partial charge in [-0.05, 0) is 32.7 Å². The maximum Gasteiger partial charge on any atom is 0.116 e. The molecule has 0 saturated carbocycles. The molecule has 1 fully saturated rings. The molecule has 2 rings (SSSR count). The van der Waals surface area contributed by atoms with Crippen molar-refractivity contribution in [2.75, 3.05) is 26.7 Å². The van der Waals surface area contributed by atoms with Gasteiger partial charge in [-0.25, -0.2) is 0 Å². The molecule has 2 aliphatic heterocycles. The molecular weight excluding hydrogens is 162 g/mol. The highest BCUT2D eigenvalue weighted by Gasteiger charge is 2.24. The van der Waals surface area contributed by atoms with Gasteiger partial charge >= 0.3 is 0 Å². The van der Waals surface area contributed by atoms with Crippen molar-refractivity contribution in [2.45, 2.75) is 31.7 Å². The molecule has 1 atom stereocenters. The Hall–Kier alpha value is -0.570. The minimum atomic E-state index is 0.516. The van der Waals surface area contributed by atoms with Crippen LogP contribution in [0.3, 0.4) is 0 Å². The Balaban J connectivity index is 2.14. The molecule has 0 aliphatic carbocycles. The maximum absolute atomic E-state index is 4.64. The predicted octanol–water partition coefficient (Wildman–Crippen LogP) is 0.862. The lowest BCUT2D eigenvalue weighted by atomic mass is 10.1. The molecular formula is C10H19N3. The molecule has 0 radical (unpaired) electrons. The zero-order valence-corrected chi connectivity index (χ0v) is 8.42. The highest BCUT2D eigenvalue weighted by molar-refractivity contribution is 5.88. The van der Waals surface area contributed by atoms with E-state index in [1.807, 2.05) is 7.05 Å². The smallest absolute Gasteiger partial charge is 0.116 e. The molecule has 3 nitrogen and oxygen atoms in total. The van der Waals surface area contributed by atoms with Crippen molar-refractivity contribution in [1.82, 2.24) is 10.2 Å².